The van der Waals surface area contributed by atoms with Gasteiger partial charge in [-0.05, 0) is 17.7 Å². The number of carboxylic acid groups (broad SMARTS) is 1. The van der Waals surface area contributed by atoms with E-state index in [1.165, 1.54) is 4.68 Å². The predicted octanol–water partition coefficient (Wildman–Crippen LogP) is 1.38. The largest absolute Gasteiger partial charge is 0.497 e. The lowest BCUT2D eigenvalue weighted by molar-refractivity contribution is 0.0690. The molecule has 94 valence electrons. The number of benzene rings is 1. The van der Waals surface area contributed by atoms with Gasteiger partial charge in [-0.2, -0.15) is 5.10 Å². The van der Waals surface area contributed by atoms with Crippen molar-refractivity contribution in [3.8, 4) is 16.9 Å². The van der Waals surface area contributed by atoms with Gasteiger partial charge in [-0.25, -0.2) is 4.79 Å². The SMILES string of the molecule is COc1ccc(-c2c(C(=O)O)nn(C)c2N)cc1. The van der Waals surface area contributed by atoms with Gasteiger partial charge in [0.2, 0.25) is 0 Å². The third kappa shape index (κ3) is 1.88. The minimum atomic E-state index is -1.10. The zero-order valence-corrected chi connectivity index (χ0v) is 10.0. The lowest BCUT2D eigenvalue weighted by Crippen LogP contribution is -2.00. The Kier molecular flexibility index (Phi) is 2.93. The van der Waals surface area contributed by atoms with Crippen molar-refractivity contribution < 1.29 is 14.6 Å². The minimum Gasteiger partial charge on any atom is -0.497 e. The van der Waals surface area contributed by atoms with E-state index in [0.29, 0.717) is 22.7 Å². The van der Waals surface area contributed by atoms with Gasteiger partial charge < -0.3 is 15.6 Å². The number of aryl methyl sites for hydroxylation is 1. The summed E-state index contributed by atoms with van der Waals surface area (Å²) in [6.45, 7) is 0. The zero-order chi connectivity index (χ0) is 13.3. The number of anilines is 1. The second-order valence-electron chi connectivity index (χ2n) is 3.77. The summed E-state index contributed by atoms with van der Waals surface area (Å²) in [4.78, 5) is 11.1. The molecule has 0 amide bonds. The molecule has 0 saturated heterocycles. The number of hydrogen-bond donors (Lipinski definition) is 2. The van der Waals surface area contributed by atoms with E-state index in [4.69, 9.17) is 15.6 Å². The molecule has 0 radical (unpaired) electrons. The number of ether oxygens (including phenoxy) is 1. The first kappa shape index (κ1) is 12.0. The Morgan fingerprint density at radius 1 is 1.39 bits per heavy atom. The fourth-order valence-corrected chi connectivity index (χ4v) is 1.73. The van der Waals surface area contributed by atoms with Crippen LogP contribution in [0.1, 0.15) is 10.5 Å². The maximum Gasteiger partial charge on any atom is 0.357 e. The Morgan fingerprint density at radius 3 is 2.50 bits per heavy atom. The van der Waals surface area contributed by atoms with Crippen LogP contribution in [0.15, 0.2) is 24.3 Å². The van der Waals surface area contributed by atoms with Crippen molar-refractivity contribution in [3.63, 3.8) is 0 Å². The van der Waals surface area contributed by atoms with E-state index < -0.39 is 5.97 Å². The molecule has 0 aliphatic heterocycles. The smallest absolute Gasteiger partial charge is 0.357 e. The Morgan fingerprint density at radius 2 is 2.00 bits per heavy atom. The van der Waals surface area contributed by atoms with Gasteiger partial charge in [0.1, 0.15) is 11.6 Å². The van der Waals surface area contributed by atoms with Gasteiger partial charge in [-0.15, -0.1) is 0 Å². The number of aromatic nitrogens is 2. The van der Waals surface area contributed by atoms with Gasteiger partial charge in [-0.3, -0.25) is 4.68 Å². The Bertz CT molecular complexity index is 587. The molecule has 6 nitrogen and oxygen atoms in total. The number of methoxy groups -OCH3 is 1. The number of rotatable bonds is 3. The molecule has 1 aromatic heterocycles. The average molecular weight is 247 g/mol. The highest BCUT2D eigenvalue weighted by molar-refractivity contribution is 5.97. The summed E-state index contributed by atoms with van der Waals surface area (Å²) in [6.07, 6.45) is 0. The number of carboxylic acids is 1. The van der Waals surface area contributed by atoms with E-state index >= 15 is 0 Å². The Labute approximate surface area is 104 Å². The zero-order valence-electron chi connectivity index (χ0n) is 10.0. The van der Waals surface area contributed by atoms with Gasteiger partial charge in [0.05, 0.1) is 12.7 Å². The topological polar surface area (TPSA) is 90.4 Å². The van der Waals surface area contributed by atoms with Crippen LogP contribution in [0.25, 0.3) is 11.1 Å². The fourth-order valence-electron chi connectivity index (χ4n) is 1.73. The first-order valence-electron chi connectivity index (χ1n) is 5.24. The van der Waals surface area contributed by atoms with E-state index in [1.54, 1.807) is 38.4 Å². The molecular formula is C12H13N3O3. The number of carbonyl (C=O) groups is 1. The monoisotopic (exact) mass is 247 g/mol. The lowest BCUT2D eigenvalue weighted by atomic mass is 10.1. The van der Waals surface area contributed by atoms with Crippen molar-refractivity contribution in [3.05, 3.63) is 30.0 Å². The molecule has 6 heteroatoms. The normalized spacial score (nSPS) is 10.3. The Hall–Kier alpha value is -2.50. The number of nitrogens with two attached hydrogens (primary N) is 1. The third-order valence-corrected chi connectivity index (χ3v) is 2.67. The van der Waals surface area contributed by atoms with Crippen LogP contribution in [0, 0.1) is 0 Å². The molecule has 0 unspecified atom stereocenters. The highest BCUT2D eigenvalue weighted by Crippen LogP contribution is 2.30. The van der Waals surface area contributed by atoms with E-state index in [2.05, 4.69) is 5.10 Å². The molecule has 0 saturated carbocycles. The van der Waals surface area contributed by atoms with Crippen LogP contribution >= 0.6 is 0 Å². The van der Waals surface area contributed by atoms with Gasteiger partial charge in [0, 0.05) is 7.05 Å². The van der Waals surface area contributed by atoms with Gasteiger partial charge in [0.25, 0.3) is 0 Å². The van der Waals surface area contributed by atoms with Crippen LogP contribution in [-0.2, 0) is 7.05 Å². The quantitative estimate of drug-likeness (QED) is 0.855. The summed E-state index contributed by atoms with van der Waals surface area (Å²) >= 11 is 0. The van der Waals surface area contributed by atoms with Crippen LogP contribution in [0.5, 0.6) is 5.75 Å². The average Bonchev–Trinajstić information content (AvgIpc) is 2.66. The number of nitrogen functional groups attached to an aromatic ring is 1. The van der Waals surface area contributed by atoms with Crippen molar-refractivity contribution >= 4 is 11.8 Å². The Balaban J connectivity index is 2.58. The second kappa shape index (κ2) is 4.40. The van der Waals surface area contributed by atoms with E-state index in [0.717, 1.165) is 0 Å². The molecular weight excluding hydrogens is 234 g/mol. The fraction of sp³-hybridized carbons (Fsp3) is 0.167. The summed E-state index contributed by atoms with van der Waals surface area (Å²) in [6, 6.07) is 6.98. The lowest BCUT2D eigenvalue weighted by Gasteiger charge is -2.04. The van der Waals surface area contributed by atoms with Crippen molar-refractivity contribution in [1.82, 2.24) is 9.78 Å². The molecule has 0 atom stereocenters. The molecule has 0 spiro atoms. The predicted molar refractivity (Wildman–Crippen MR) is 66.6 cm³/mol. The van der Waals surface area contributed by atoms with E-state index in [-0.39, 0.29) is 5.69 Å². The van der Waals surface area contributed by atoms with Crippen molar-refractivity contribution in [2.24, 2.45) is 7.05 Å². The molecule has 1 heterocycles. The van der Waals surface area contributed by atoms with Crippen LogP contribution in [-0.4, -0.2) is 28.0 Å². The third-order valence-electron chi connectivity index (χ3n) is 2.67. The first-order valence-corrected chi connectivity index (χ1v) is 5.24. The molecule has 1 aromatic carbocycles. The summed E-state index contributed by atoms with van der Waals surface area (Å²) in [7, 11) is 3.17. The van der Waals surface area contributed by atoms with Crippen molar-refractivity contribution in [2.75, 3.05) is 12.8 Å². The highest BCUT2D eigenvalue weighted by atomic mass is 16.5. The standard InChI is InChI=1S/C12H13N3O3/c1-15-11(13)9(10(14-15)12(16)17)7-3-5-8(18-2)6-4-7/h3-6H,13H2,1-2H3,(H,16,17). The van der Waals surface area contributed by atoms with E-state index in [1.807, 2.05) is 0 Å². The summed E-state index contributed by atoms with van der Waals surface area (Å²) in [5.41, 5.74) is 6.91. The summed E-state index contributed by atoms with van der Waals surface area (Å²) in [5, 5.41) is 13.0. The van der Waals surface area contributed by atoms with E-state index in [9.17, 15) is 4.79 Å². The maximum atomic E-state index is 11.1. The van der Waals surface area contributed by atoms with Gasteiger partial charge in [0.15, 0.2) is 5.69 Å². The number of nitrogens with zero attached hydrogens (tertiary/aromatic N) is 2. The number of hydrogen-bond acceptors (Lipinski definition) is 4. The molecule has 2 aromatic rings. The number of aromatic carboxylic acids is 1. The van der Waals surface area contributed by atoms with Crippen LogP contribution in [0.3, 0.4) is 0 Å². The first-order chi connectivity index (χ1) is 8.54. The van der Waals surface area contributed by atoms with Crippen molar-refractivity contribution in [1.29, 1.82) is 0 Å². The van der Waals surface area contributed by atoms with Crippen molar-refractivity contribution in [2.45, 2.75) is 0 Å². The molecule has 0 aliphatic rings. The van der Waals surface area contributed by atoms with Gasteiger partial charge in [-0.1, -0.05) is 12.1 Å². The van der Waals surface area contributed by atoms with Crippen LogP contribution in [0.2, 0.25) is 0 Å². The van der Waals surface area contributed by atoms with Crippen LogP contribution in [0.4, 0.5) is 5.82 Å². The van der Waals surface area contributed by atoms with Gasteiger partial charge >= 0.3 is 5.97 Å². The second-order valence-corrected chi connectivity index (χ2v) is 3.77. The molecule has 0 bridgehead atoms. The molecule has 0 fully saturated rings. The minimum absolute atomic E-state index is 0.0554. The molecule has 3 N–H and O–H groups in total. The molecule has 2 rings (SSSR count). The summed E-state index contributed by atoms with van der Waals surface area (Å²) < 4.78 is 6.40. The summed E-state index contributed by atoms with van der Waals surface area (Å²) in [5.74, 6) is -0.0937. The maximum absolute atomic E-state index is 11.1. The highest BCUT2D eigenvalue weighted by Gasteiger charge is 2.20. The molecule has 0 aliphatic carbocycles. The van der Waals surface area contributed by atoms with Crippen LogP contribution < -0.4 is 10.5 Å². The molecule has 18 heavy (non-hydrogen) atoms.